The molecule has 0 radical (unpaired) electrons. The van der Waals surface area contributed by atoms with Crippen molar-refractivity contribution in [3.8, 4) is 5.75 Å². The molecular formula is C10H14N2O3. The Morgan fingerprint density at radius 2 is 2.27 bits per heavy atom. The minimum atomic E-state index is -1.12. The number of benzene rings is 1. The maximum absolute atomic E-state index is 10.7. The van der Waals surface area contributed by atoms with Crippen LogP contribution in [0, 0.1) is 6.92 Å². The molecule has 0 fully saturated rings. The van der Waals surface area contributed by atoms with Crippen LogP contribution in [0.15, 0.2) is 18.2 Å². The molecule has 0 atom stereocenters. The van der Waals surface area contributed by atoms with Gasteiger partial charge in [0, 0.05) is 5.69 Å². The molecule has 0 spiro atoms. The Hall–Kier alpha value is -1.91. The molecule has 1 aromatic carbocycles. The molecule has 0 aromatic heterocycles. The predicted molar refractivity (Wildman–Crippen MR) is 56.6 cm³/mol. The minimum Gasteiger partial charge on any atom is -0.463 e. The van der Waals surface area contributed by atoms with E-state index in [0.717, 1.165) is 10.6 Å². The number of nitrogens with zero attached hydrogens (tertiary/aromatic N) is 1. The zero-order valence-electron chi connectivity index (χ0n) is 8.73. The molecule has 1 rings (SSSR count). The summed E-state index contributed by atoms with van der Waals surface area (Å²) in [4.78, 5) is 15.8. The number of nitrogens with two attached hydrogens (primary N) is 1. The van der Waals surface area contributed by atoms with Crippen molar-refractivity contribution in [2.24, 2.45) is 0 Å². The van der Waals surface area contributed by atoms with E-state index in [1.54, 1.807) is 25.1 Å². The summed E-state index contributed by atoms with van der Waals surface area (Å²) in [5.74, 6) is 0.464. The van der Waals surface area contributed by atoms with Gasteiger partial charge in [-0.15, -0.1) is 5.06 Å². The largest absolute Gasteiger partial charge is 0.463 e. The molecule has 1 aromatic rings. The molecule has 1 amide bonds. The Kier molecular flexibility index (Phi) is 3.38. The summed E-state index contributed by atoms with van der Waals surface area (Å²) in [6.45, 7) is 3.79. The number of hydrogen-bond acceptors (Lipinski definition) is 3. The molecule has 15 heavy (non-hydrogen) atoms. The summed E-state index contributed by atoms with van der Waals surface area (Å²) in [7, 11) is 0. The van der Waals surface area contributed by atoms with Gasteiger partial charge in [0.05, 0.1) is 6.54 Å². The van der Waals surface area contributed by atoms with Crippen LogP contribution in [-0.2, 0) is 0 Å². The highest BCUT2D eigenvalue weighted by Gasteiger charge is 2.11. The molecule has 5 nitrogen and oxygen atoms in total. The smallest absolute Gasteiger partial charge is 0.440 e. The molecule has 0 unspecified atom stereocenters. The van der Waals surface area contributed by atoms with E-state index in [1.165, 1.54) is 0 Å². The van der Waals surface area contributed by atoms with Crippen molar-refractivity contribution in [2.45, 2.75) is 13.8 Å². The van der Waals surface area contributed by atoms with Crippen molar-refractivity contribution in [1.29, 1.82) is 0 Å². The number of amides is 1. The van der Waals surface area contributed by atoms with E-state index in [0.29, 0.717) is 11.4 Å². The van der Waals surface area contributed by atoms with E-state index in [-0.39, 0.29) is 6.54 Å². The van der Waals surface area contributed by atoms with Crippen molar-refractivity contribution in [3.63, 3.8) is 0 Å². The van der Waals surface area contributed by atoms with Gasteiger partial charge in [-0.1, -0.05) is 0 Å². The lowest BCUT2D eigenvalue weighted by molar-refractivity contribution is -0.0315. The summed E-state index contributed by atoms with van der Waals surface area (Å²) < 4.78 is 0. The minimum absolute atomic E-state index is 0.263. The third-order valence-corrected chi connectivity index (χ3v) is 1.96. The van der Waals surface area contributed by atoms with E-state index < -0.39 is 6.09 Å². The van der Waals surface area contributed by atoms with E-state index in [1.807, 2.05) is 6.92 Å². The van der Waals surface area contributed by atoms with Crippen molar-refractivity contribution < 1.29 is 14.7 Å². The van der Waals surface area contributed by atoms with Gasteiger partial charge in [-0.3, -0.25) is 0 Å². The zero-order valence-corrected chi connectivity index (χ0v) is 8.73. The van der Waals surface area contributed by atoms with Crippen molar-refractivity contribution >= 4 is 11.8 Å². The Morgan fingerprint density at radius 3 is 2.73 bits per heavy atom. The van der Waals surface area contributed by atoms with Crippen LogP contribution in [0.4, 0.5) is 10.5 Å². The van der Waals surface area contributed by atoms with Crippen molar-refractivity contribution in [1.82, 2.24) is 5.06 Å². The summed E-state index contributed by atoms with van der Waals surface area (Å²) in [5.41, 5.74) is 7.14. The Bertz CT molecular complexity index is 366. The fourth-order valence-corrected chi connectivity index (χ4v) is 1.07. The highest BCUT2D eigenvalue weighted by molar-refractivity contribution is 5.63. The topological polar surface area (TPSA) is 75.8 Å². The monoisotopic (exact) mass is 210 g/mol. The number of aryl methyl sites for hydroxylation is 1. The average molecular weight is 210 g/mol. The molecule has 0 saturated carbocycles. The van der Waals surface area contributed by atoms with E-state index >= 15 is 0 Å². The third-order valence-electron chi connectivity index (χ3n) is 1.96. The van der Waals surface area contributed by atoms with Gasteiger partial charge < -0.3 is 15.7 Å². The lowest BCUT2D eigenvalue weighted by Gasteiger charge is -2.17. The summed E-state index contributed by atoms with van der Waals surface area (Å²) in [5, 5.41) is 9.59. The summed E-state index contributed by atoms with van der Waals surface area (Å²) in [6.07, 6.45) is -1.12. The van der Waals surface area contributed by atoms with Crippen LogP contribution in [0.3, 0.4) is 0 Å². The maximum Gasteiger partial charge on any atom is 0.440 e. The zero-order chi connectivity index (χ0) is 11.4. The molecule has 0 bridgehead atoms. The number of carboxylic acid groups (broad SMARTS) is 1. The molecule has 0 aliphatic heterocycles. The standard InChI is InChI=1S/C10H14N2O3/c1-3-12(10(13)14)15-8-4-5-9(11)7(2)6-8/h4-6H,3,11H2,1-2H3,(H,13,14). The van der Waals surface area contributed by atoms with Crippen LogP contribution in [-0.4, -0.2) is 22.8 Å². The van der Waals surface area contributed by atoms with Gasteiger partial charge in [0.1, 0.15) is 0 Å². The molecule has 5 heteroatoms. The lowest BCUT2D eigenvalue weighted by Crippen LogP contribution is -2.32. The van der Waals surface area contributed by atoms with Crippen LogP contribution in [0.5, 0.6) is 5.75 Å². The fourth-order valence-electron chi connectivity index (χ4n) is 1.07. The van der Waals surface area contributed by atoms with Gasteiger partial charge in [0.25, 0.3) is 0 Å². The Labute approximate surface area is 88.0 Å². The number of anilines is 1. The van der Waals surface area contributed by atoms with E-state index in [2.05, 4.69) is 0 Å². The molecule has 0 heterocycles. The van der Waals surface area contributed by atoms with E-state index in [4.69, 9.17) is 15.7 Å². The first kappa shape index (κ1) is 11.2. The second-order valence-corrected chi connectivity index (χ2v) is 3.09. The van der Waals surface area contributed by atoms with Crippen molar-refractivity contribution in [3.05, 3.63) is 23.8 Å². The number of hydroxylamine groups is 2. The van der Waals surface area contributed by atoms with E-state index in [9.17, 15) is 4.79 Å². The van der Waals surface area contributed by atoms with Gasteiger partial charge in [-0.2, -0.15) is 0 Å². The summed E-state index contributed by atoms with van der Waals surface area (Å²) >= 11 is 0. The molecule has 0 aliphatic rings. The lowest BCUT2D eigenvalue weighted by atomic mass is 10.2. The number of hydrogen-bond donors (Lipinski definition) is 2. The number of carbonyl (C=O) groups is 1. The molecule has 82 valence electrons. The molecular weight excluding hydrogens is 196 g/mol. The quantitative estimate of drug-likeness (QED) is 0.589. The van der Waals surface area contributed by atoms with Gasteiger partial charge in [0.15, 0.2) is 5.75 Å². The second kappa shape index (κ2) is 4.54. The highest BCUT2D eigenvalue weighted by Crippen LogP contribution is 2.19. The van der Waals surface area contributed by atoms with Crippen LogP contribution >= 0.6 is 0 Å². The van der Waals surface area contributed by atoms with Gasteiger partial charge >= 0.3 is 6.09 Å². The first-order chi connectivity index (χ1) is 7.04. The first-order valence-electron chi connectivity index (χ1n) is 4.59. The van der Waals surface area contributed by atoms with Gasteiger partial charge in [-0.25, -0.2) is 4.79 Å². The molecule has 3 N–H and O–H groups in total. The maximum atomic E-state index is 10.7. The van der Waals surface area contributed by atoms with Crippen molar-refractivity contribution in [2.75, 3.05) is 12.3 Å². The second-order valence-electron chi connectivity index (χ2n) is 3.09. The van der Waals surface area contributed by atoms with Crippen LogP contribution in [0.1, 0.15) is 12.5 Å². The predicted octanol–water partition coefficient (Wildman–Crippen LogP) is 1.87. The molecule has 0 aliphatic carbocycles. The van der Waals surface area contributed by atoms with Gasteiger partial charge in [-0.05, 0) is 37.6 Å². The van der Waals surface area contributed by atoms with Gasteiger partial charge in [0.2, 0.25) is 0 Å². The highest BCUT2D eigenvalue weighted by atomic mass is 16.7. The number of rotatable bonds is 3. The summed E-state index contributed by atoms with van der Waals surface area (Å²) in [6, 6.07) is 5.01. The van der Waals surface area contributed by atoms with Crippen LogP contribution < -0.4 is 10.6 Å². The Morgan fingerprint density at radius 1 is 1.60 bits per heavy atom. The van der Waals surface area contributed by atoms with Crippen LogP contribution in [0.25, 0.3) is 0 Å². The normalized spacial score (nSPS) is 9.73. The average Bonchev–Trinajstić information content (AvgIpc) is 2.19. The molecule has 0 saturated heterocycles. The SMILES string of the molecule is CCN(Oc1ccc(N)c(C)c1)C(=O)O. The number of nitrogen functional groups attached to an aromatic ring is 1. The fraction of sp³-hybridized carbons (Fsp3) is 0.300. The Balaban J connectivity index is 2.80. The first-order valence-corrected chi connectivity index (χ1v) is 4.59. The van der Waals surface area contributed by atoms with Crippen LogP contribution in [0.2, 0.25) is 0 Å². The third kappa shape index (κ3) is 2.77.